The van der Waals surface area contributed by atoms with Gasteiger partial charge in [-0.1, -0.05) is 60.1 Å². The van der Waals surface area contributed by atoms with Gasteiger partial charge in [0.2, 0.25) is 5.91 Å². The fourth-order valence-corrected chi connectivity index (χ4v) is 3.68. The van der Waals surface area contributed by atoms with E-state index in [4.69, 9.17) is 0 Å². The van der Waals surface area contributed by atoms with Gasteiger partial charge in [-0.15, -0.1) is 0 Å². The summed E-state index contributed by atoms with van der Waals surface area (Å²) in [6.07, 6.45) is 0. The van der Waals surface area contributed by atoms with Crippen molar-refractivity contribution in [2.24, 2.45) is 0 Å². The normalized spacial score (nSPS) is 19.1. The molecule has 1 heterocycles. The van der Waals surface area contributed by atoms with Gasteiger partial charge in [-0.05, 0) is 42.2 Å². The average molecular weight is 444 g/mol. The Bertz CT molecular complexity index is 944. The van der Waals surface area contributed by atoms with Gasteiger partial charge in [0.1, 0.15) is 12.1 Å². The topological polar surface area (TPSA) is 78.5 Å². The number of para-hydroxylation sites is 1. The van der Waals surface area contributed by atoms with Crippen LogP contribution in [-0.2, 0) is 15.1 Å². The predicted octanol–water partition coefficient (Wildman–Crippen LogP) is 3.98. The molecule has 1 saturated heterocycles. The van der Waals surface area contributed by atoms with E-state index in [0.29, 0.717) is 11.3 Å². The SMILES string of the molecule is CC(C)c1ccccc1NC(=O)CN1C(=O)NC(C)(c2cccc(Br)c2)C1=O. The van der Waals surface area contributed by atoms with E-state index < -0.39 is 23.4 Å². The Morgan fingerprint density at radius 2 is 1.89 bits per heavy atom. The van der Waals surface area contributed by atoms with Crippen LogP contribution in [0.2, 0.25) is 0 Å². The molecule has 0 aliphatic carbocycles. The number of hydrogen-bond acceptors (Lipinski definition) is 3. The van der Waals surface area contributed by atoms with E-state index in [1.54, 1.807) is 25.1 Å². The number of carbonyl (C=O) groups is 3. The first-order chi connectivity index (χ1) is 13.2. The molecule has 2 aromatic rings. The average Bonchev–Trinajstić information content (AvgIpc) is 2.86. The number of nitrogens with zero attached hydrogens (tertiary/aromatic N) is 1. The first-order valence-electron chi connectivity index (χ1n) is 9.01. The highest BCUT2D eigenvalue weighted by atomic mass is 79.9. The van der Waals surface area contributed by atoms with Crippen molar-refractivity contribution >= 4 is 39.5 Å². The van der Waals surface area contributed by atoms with Gasteiger partial charge in [-0.3, -0.25) is 14.5 Å². The molecular formula is C21H22BrN3O3. The van der Waals surface area contributed by atoms with Gasteiger partial charge in [0.25, 0.3) is 5.91 Å². The fraction of sp³-hybridized carbons (Fsp3) is 0.286. The molecule has 3 rings (SSSR count). The molecule has 0 saturated carbocycles. The minimum atomic E-state index is -1.21. The molecule has 1 atom stereocenters. The van der Waals surface area contributed by atoms with E-state index in [1.165, 1.54) is 0 Å². The third-order valence-corrected chi connectivity index (χ3v) is 5.33. The number of nitrogens with one attached hydrogen (secondary N) is 2. The summed E-state index contributed by atoms with van der Waals surface area (Å²) in [6.45, 7) is 5.36. The van der Waals surface area contributed by atoms with Crippen LogP contribution in [0.5, 0.6) is 0 Å². The second-order valence-corrected chi connectivity index (χ2v) is 8.16. The van der Waals surface area contributed by atoms with Crippen molar-refractivity contribution < 1.29 is 14.4 Å². The summed E-state index contributed by atoms with van der Waals surface area (Å²) in [4.78, 5) is 38.9. The molecule has 1 fully saturated rings. The maximum Gasteiger partial charge on any atom is 0.325 e. The molecule has 1 unspecified atom stereocenters. The number of anilines is 1. The monoisotopic (exact) mass is 443 g/mol. The standard InChI is InChI=1S/C21H22BrN3O3/c1-13(2)16-9-4-5-10-17(16)23-18(26)12-25-19(27)21(3,24-20(25)28)14-7-6-8-15(22)11-14/h4-11,13H,12H2,1-3H3,(H,23,26)(H,24,28). The van der Waals surface area contributed by atoms with Crippen molar-refractivity contribution in [2.45, 2.75) is 32.2 Å². The molecule has 1 aliphatic rings. The molecule has 6 nitrogen and oxygen atoms in total. The Morgan fingerprint density at radius 1 is 1.18 bits per heavy atom. The van der Waals surface area contributed by atoms with Crippen LogP contribution in [0, 0.1) is 0 Å². The van der Waals surface area contributed by atoms with Crippen molar-refractivity contribution in [2.75, 3.05) is 11.9 Å². The van der Waals surface area contributed by atoms with Crippen LogP contribution in [-0.4, -0.2) is 29.3 Å². The van der Waals surface area contributed by atoms with Crippen molar-refractivity contribution in [3.05, 3.63) is 64.1 Å². The zero-order chi connectivity index (χ0) is 20.5. The van der Waals surface area contributed by atoms with Gasteiger partial charge in [0.05, 0.1) is 0 Å². The Balaban J connectivity index is 1.77. The molecule has 7 heteroatoms. The number of imide groups is 1. The molecular weight excluding hydrogens is 422 g/mol. The summed E-state index contributed by atoms with van der Waals surface area (Å²) in [5, 5.41) is 5.52. The molecule has 28 heavy (non-hydrogen) atoms. The van der Waals surface area contributed by atoms with E-state index in [0.717, 1.165) is 14.9 Å². The highest BCUT2D eigenvalue weighted by Crippen LogP contribution is 2.30. The molecule has 0 aromatic heterocycles. The Hall–Kier alpha value is -2.67. The van der Waals surface area contributed by atoms with E-state index in [-0.39, 0.29) is 12.5 Å². The smallest absolute Gasteiger partial charge is 0.324 e. The predicted molar refractivity (Wildman–Crippen MR) is 111 cm³/mol. The number of urea groups is 1. The van der Waals surface area contributed by atoms with E-state index in [9.17, 15) is 14.4 Å². The van der Waals surface area contributed by atoms with Crippen LogP contribution in [0.4, 0.5) is 10.5 Å². The summed E-state index contributed by atoms with van der Waals surface area (Å²) < 4.78 is 0.801. The Kier molecular flexibility index (Phi) is 5.56. The van der Waals surface area contributed by atoms with Crippen LogP contribution in [0.25, 0.3) is 0 Å². The molecule has 0 spiro atoms. The largest absolute Gasteiger partial charge is 0.325 e. The third kappa shape index (κ3) is 3.80. The summed E-state index contributed by atoms with van der Waals surface area (Å²) in [7, 11) is 0. The number of benzene rings is 2. The first-order valence-corrected chi connectivity index (χ1v) is 9.80. The minimum Gasteiger partial charge on any atom is -0.324 e. The summed E-state index contributed by atoms with van der Waals surface area (Å²) >= 11 is 3.38. The summed E-state index contributed by atoms with van der Waals surface area (Å²) in [6, 6.07) is 14.1. The molecule has 2 aromatic carbocycles. The van der Waals surface area contributed by atoms with Crippen LogP contribution in [0.15, 0.2) is 53.0 Å². The molecule has 0 bridgehead atoms. The van der Waals surface area contributed by atoms with Crippen LogP contribution < -0.4 is 10.6 Å². The van der Waals surface area contributed by atoms with Crippen molar-refractivity contribution in [1.29, 1.82) is 0 Å². The second-order valence-electron chi connectivity index (χ2n) is 7.25. The third-order valence-electron chi connectivity index (χ3n) is 4.84. The lowest BCUT2D eigenvalue weighted by atomic mass is 9.92. The van der Waals surface area contributed by atoms with Gasteiger partial charge in [-0.2, -0.15) is 0 Å². The minimum absolute atomic E-state index is 0.230. The van der Waals surface area contributed by atoms with Gasteiger partial charge in [0, 0.05) is 10.2 Å². The van der Waals surface area contributed by atoms with Gasteiger partial charge in [0.15, 0.2) is 0 Å². The Labute approximate surface area is 172 Å². The van der Waals surface area contributed by atoms with Crippen LogP contribution in [0.3, 0.4) is 0 Å². The highest BCUT2D eigenvalue weighted by molar-refractivity contribution is 9.10. The number of rotatable bonds is 5. The highest BCUT2D eigenvalue weighted by Gasteiger charge is 2.49. The number of hydrogen-bond donors (Lipinski definition) is 2. The summed E-state index contributed by atoms with van der Waals surface area (Å²) in [5.41, 5.74) is 1.11. The second kappa shape index (κ2) is 7.75. The lowest BCUT2D eigenvalue weighted by molar-refractivity contribution is -0.133. The zero-order valence-corrected chi connectivity index (χ0v) is 17.5. The molecule has 1 aliphatic heterocycles. The van der Waals surface area contributed by atoms with Crippen molar-refractivity contribution in [3.63, 3.8) is 0 Å². The molecule has 0 radical (unpaired) electrons. The van der Waals surface area contributed by atoms with Gasteiger partial charge in [-0.25, -0.2) is 4.79 Å². The van der Waals surface area contributed by atoms with Gasteiger partial charge < -0.3 is 10.6 Å². The number of halogens is 1. The van der Waals surface area contributed by atoms with E-state index >= 15 is 0 Å². The lowest BCUT2D eigenvalue weighted by Crippen LogP contribution is -2.42. The van der Waals surface area contributed by atoms with Crippen LogP contribution >= 0.6 is 15.9 Å². The zero-order valence-electron chi connectivity index (χ0n) is 16.0. The Morgan fingerprint density at radius 3 is 2.57 bits per heavy atom. The summed E-state index contributed by atoms with van der Waals surface area (Å²) in [5.74, 6) is -0.647. The maximum atomic E-state index is 13.0. The fourth-order valence-electron chi connectivity index (χ4n) is 3.28. The van der Waals surface area contributed by atoms with Crippen molar-refractivity contribution in [3.8, 4) is 0 Å². The maximum absolute atomic E-state index is 13.0. The molecule has 146 valence electrons. The van der Waals surface area contributed by atoms with Gasteiger partial charge >= 0.3 is 6.03 Å². The number of carbonyl (C=O) groups excluding carboxylic acids is 3. The lowest BCUT2D eigenvalue weighted by Gasteiger charge is -2.22. The van der Waals surface area contributed by atoms with Crippen molar-refractivity contribution in [1.82, 2.24) is 10.2 Å². The number of amides is 4. The first kappa shape index (κ1) is 20.1. The quantitative estimate of drug-likeness (QED) is 0.685. The van der Waals surface area contributed by atoms with E-state index in [2.05, 4.69) is 26.6 Å². The van der Waals surface area contributed by atoms with Crippen LogP contribution in [0.1, 0.15) is 37.8 Å². The molecule has 2 N–H and O–H groups in total. The molecule has 4 amide bonds. The van der Waals surface area contributed by atoms with E-state index in [1.807, 2.05) is 44.2 Å².